The molecule has 0 bridgehead atoms. The van der Waals surface area contributed by atoms with E-state index in [1.165, 1.54) is 13.1 Å². The van der Waals surface area contributed by atoms with Gasteiger partial charge in [-0.1, -0.05) is 29.8 Å². The lowest BCUT2D eigenvalue weighted by Gasteiger charge is -2.17. The molecule has 0 aliphatic heterocycles. The molecule has 4 aromatic rings. The van der Waals surface area contributed by atoms with Gasteiger partial charge in [0.2, 0.25) is 17.7 Å². The Morgan fingerprint density at radius 2 is 1.88 bits per heavy atom. The quantitative estimate of drug-likeness (QED) is 0.382. The highest BCUT2D eigenvalue weighted by molar-refractivity contribution is 6.30. The van der Waals surface area contributed by atoms with Crippen molar-refractivity contribution in [3.05, 3.63) is 83.6 Å². The number of halogens is 1. The van der Waals surface area contributed by atoms with Gasteiger partial charge in [-0.25, -0.2) is 4.98 Å². The summed E-state index contributed by atoms with van der Waals surface area (Å²) in [4.78, 5) is 32.0. The van der Waals surface area contributed by atoms with Crippen LogP contribution < -0.4 is 15.4 Å². The summed E-state index contributed by atoms with van der Waals surface area (Å²) < 4.78 is 5.66. The Morgan fingerprint density at radius 3 is 2.59 bits per heavy atom. The lowest BCUT2D eigenvalue weighted by molar-refractivity contribution is -0.125. The number of carbonyl (C=O) groups is 2. The number of aromatic nitrogens is 2. The third-order valence-corrected chi connectivity index (χ3v) is 5.08. The molecular formula is C24H21ClN4O3. The minimum atomic E-state index is -0.739. The third-order valence-electron chi connectivity index (χ3n) is 4.83. The van der Waals surface area contributed by atoms with E-state index in [-0.39, 0.29) is 11.8 Å². The maximum absolute atomic E-state index is 12.9. The number of nitrogens with one attached hydrogen (secondary N) is 3. The van der Waals surface area contributed by atoms with Crippen LogP contribution in [0.5, 0.6) is 11.6 Å². The summed E-state index contributed by atoms with van der Waals surface area (Å²) in [6.45, 7) is 1.39. The molecule has 2 aromatic carbocycles. The molecule has 8 heteroatoms. The largest absolute Gasteiger partial charge is 0.439 e. The van der Waals surface area contributed by atoms with Gasteiger partial charge in [0.25, 0.3) is 0 Å². The van der Waals surface area contributed by atoms with Crippen LogP contribution in [0.2, 0.25) is 5.02 Å². The molecule has 3 N–H and O–H groups in total. The first kappa shape index (κ1) is 21.4. The second-order valence-corrected chi connectivity index (χ2v) is 7.68. The lowest BCUT2D eigenvalue weighted by Crippen LogP contribution is -2.44. The smallest absolute Gasteiger partial charge is 0.247 e. The van der Waals surface area contributed by atoms with Crippen LogP contribution in [0.1, 0.15) is 12.5 Å². The topological polar surface area (TPSA) is 96.1 Å². The zero-order valence-corrected chi connectivity index (χ0v) is 18.0. The minimum absolute atomic E-state index is 0.283. The number of nitrogens with zero attached hydrogens (tertiary/aromatic N) is 1. The molecule has 0 saturated carbocycles. The Morgan fingerprint density at radius 1 is 1.09 bits per heavy atom. The number of hydrogen-bond donors (Lipinski definition) is 3. The van der Waals surface area contributed by atoms with Crippen molar-refractivity contribution in [1.82, 2.24) is 15.3 Å². The van der Waals surface area contributed by atoms with Gasteiger partial charge >= 0.3 is 0 Å². The molecule has 4 rings (SSSR count). The molecule has 2 aromatic heterocycles. The number of H-pyrrole nitrogens is 1. The molecule has 0 aliphatic rings. The number of ether oxygens (including phenoxy) is 1. The molecule has 1 unspecified atom stereocenters. The summed E-state index contributed by atoms with van der Waals surface area (Å²) in [5.74, 6) is 0.360. The molecule has 32 heavy (non-hydrogen) atoms. The number of pyridine rings is 1. The van der Waals surface area contributed by atoms with Gasteiger partial charge in [-0.3, -0.25) is 9.59 Å². The summed E-state index contributed by atoms with van der Waals surface area (Å²) in [6.07, 6.45) is 3.71. The van der Waals surface area contributed by atoms with Crippen molar-refractivity contribution in [2.24, 2.45) is 0 Å². The molecule has 0 spiro atoms. The lowest BCUT2D eigenvalue weighted by atomic mass is 10.0. The van der Waals surface area contributed by atoms with Crippen molar-refractivity contribution in [1.29, 1.82) is 0 Å². The highest BCUT2D eigenvalue weighted by atomic mass is 35.5. The average molecular weight is 449 g/mol. The van der Waals surface area contributed by atoms with E-state index in [0.717, 1.165) is 16.5 Å². The number of rotatable bonds is 7. The van der Waals surface area contributed by atoms with Crippen LogP contribution in [-0.4, -0.2) is 27.8 Å². The van der Waals surface area contributed by atoms with Crippen molar-refractivity contribution in [3.8, 4) is 11.6 Å². The molecule has 0 radical (unpaired) electrons. The molecule has 0 saturated heterocycles. The standard InChI is InChI=1S/C24H21ClN4O3/c1-15(30)28-22(12-16-13-26-21-5-3-2-4-20(16)21)24(31)29-18-8-11-23(27-14-18)32-19-9-6-17(25)7-10-19/h2-11,13-14,22,26H,12H2,1H3,(H,28,30)(H,29,31). The third kappa shape index (κ3) is 5.25. The molecule has 1 atom stereocenters. The Bertz CT molecular complexity index is 1240. The number of benzene rings is 2. The summed E-state index contributed by atoms with van der Waals surface area (Å²) >= 11 is 5.87. The van der Waals surface area contributed by atoms with Gasteiger partial charge in [0, 0.05) is 41.5 Å². The summed E-state index contributed by atoms with van der Waals surface area (Å²) in [7, 11) is 0. The van der Waals surface area contributed by atoms with Gasteiger partial charge in [0.15, 0.2) is 0 Å². The summed E-state index contributed by atoms with van der Waals surface area (Å²) in [6, 6.07) is 17.3. The number of fused-ring (bicyclic) bond motifs is 1. The minimum Gasteiger partial charge on any atom is -0.439 e. The maximum atomic E-state index is 12.9. The number of para-hydroxylation sites is 1. The molecule has 2 heterocycles. The van der Waals surface area contributed by atoms with Crippen molar-refractivity contribution in [2.75, 3.05) is 5.32 Å². The van der Waals surface area contributed by atoms with Crippen molar-refractivity contribution in [2.45, 2.75) is 19.4 Å². The van der Waals surface area contributed by atoms with E-state index in [4.69, 9.17) is 16.3 Å². The fraction of sp³-hybridized carbons (Fsp3) is 0.125. The van der Waals surface area contributed by atoms with Crippen molar-refractivity contribution < 1.29 is 14.3 Å². The zero-order chi connectivity index (χ0) is 22.5. The van der Waals surface area contributed by atoms with E-state index in [1.54, 1.807) is 36.4 Å². The van der Waals surface area contributed by atoms with Crippen LogP contribution in [0.25, 0.3) is 10.9 Å². The molecule has 7 nitrogen and oxygen atoms in total. The van der Waals surface area contributed by atoms with Gasteiger partial charge in [0.05, 0.1) is 11.9 Å². The number of anilines is 1. The number of hydrogen-bond acceptors (Lipinski definition) is 4. The first-order valence-corrected chi connectivity index (χ1v) is 10.4. The van der Waals surface area contributed by atoms with E-state index in [9.17, 15) is 9.59 Å². The van der Waals surface area contributed by atoms with Crippen LogP contribution in [0, 0.1) is 0 Å². The van der Waals surface area contributed by atoms with Crippen LogP contribution in [0.15, 0.2) is 73.1 Å². The number of carbonyl (C=O) groups excluding carboxylic acids is 2. The highest BCUT2D eigenvalue weighted by Crippen LogP contribution is 2.23. The van der Waals surface area contributed by atoms with E-state index >= 15 is 0 Å². The summed E-state index contributed by atoms with van der Waals surface area (Å²) in [5.41, 5.74) is 2.41. The molecule has 0 aliphatic carbocycles. The molecular weight excluding hydrogens is 428 g/mol. The average Bonchev–Trinajstić information content (AvgIpc) is 3.19. The normalized spacial score (nSPS) is 11.7. The monoisotopic (exact) mass is 448 g/mol. The van der Waals surface area contributed by atoms with Crippen LogP contribution >= 0.6 is 11.6 Å². The Balaban J connectivity index is 1.44. The predicted molar refractivity (Wildman–Crippen MR) is 124 cm³/mol. The van der Waals surface area contributed by atoms with E-state index < -0.39 is 6.04 Å². The van der Waals surface area contributed by atoms with Crippen LogP contribution in [0.3, 0.4) is 0 Å². The van der Waals surface area contributed by atoms with Crippen molar-refractivity contribution in [3.63, 3.8) is 0 Å². The van der Waals surface area contributed by atoms with E-state index in [1.807, 2.05) is 30.5 Å². The van der Waals surface area contributed by atoms with E-state index in [0.29, 0.717) is 28.8 Å². The van der Waals surface area contributed by atoms with Crippen molar-refractivity contribution >= 4 is 40.0 Å². The number of aromatic amines is 1. The number of amides is 2. The second-order valence-electron chi connectivity index (χ2n) is 7.25. The first-order valence-electron chi connectivity index (χ1n) is 10.0. The van der Waals surface area contributed by atoms with E-state index in [2.05, 4.69) is 20.6 Å². The van der Waals surface area contributed by atoms with Gasteiger partial charge in [-0.15, -0.1) is 0 Å². The Kier molecular flexibility index (Phi) is 6.37. The Hall–Kier alpha value is -3.84. The molecule has 0 fully saturated rings. The van der Waals surface area contributed by atoms with Gasteiger partial charge in [-0.05, 0) is 42.0 Å². The van der Waals surface area contributed by atoms with Crippen LogP contribution in [-0.2, 0) is 16.0 Å². The van der Waals surface area contributed by atoms with Gasteiger partial charge < -0.3 is 20.4 Å². The highest BCUT2D eigenvalue weighted by Gasteiger charge is 2.21. The summed E-state index contributed by atoms with van der Waals surface area (Å²) in [5, 5.41) is 7.17. The second kappa shape index (κ2) is 9.53. The molecule has 162 valence electrons. The molecule has 2 amide bonds. The zero-order valence-electron chi connectivity index (χ0n) is 17.3. The fourth-order valence-corrected chi connectivity index (χ4v) is 3.47. The first-order chi connectivity index (χ1) is 15.5. The van der Waals surface area contributed by atoms with Gasteiger partial charge in [0.1, 0.15) is 11.8 Å². The van der Waals surface area contributed by atoms with Crippen LogP contribution in [0.4, 0.5) is 5.69 Å². The Labute approximate surface area is 189 Å². The predicted octanol–water partition coefficient (Wildman–Crippen LogP) is 4.69. The maximum Gasteiger partial charge on any atom is 0.247 e. The fourth-order valence-electron chi connectivity index (χ4n) is 3.34. The van der Waals surface area contributed by atoms with Gasteiger partial charge in [-0.2, -0.15) is 0 Å². The SMILES string of the molecule is CC(=O)NC(Cc1c[nH]c2ccccc12)C(=O)Nc1ccc(Oc2ccc(Cl)cc2)nc1.